The first-order valence-corrected chi connectivity index (χ1v) is 7.55. The van der Waals surface area contributed by atoms with E-state index < -0.39 is 0 Å². The molecule has 2 aromatic carbocycles. The van der Waals surface area contributed by atoms with Crippen molar-refractivity contribution in [3.05, 3.63) is 59.2 Å². The summed E-state index contributed by atoms with van der Waals surface area (Å²) in [7, 11) is 0. The molecule has 0 amide bonds. The van der Waals surface area contributed by atoms with Crippen molar-refractivity contribution < 1.29 is 23.7 Å². The molecule has 0 saturated heterocycles. The number of fused-ring (bicyclic) bond motifs is 3. The summed E-state index contributed by atoms with van der Waals surface area (Å²) in [6.45, 7) is 1.63. The van der Waals surface area contributed by atoms with Crippen LogP contribution in [-0.4, -0.2) is 25.3 Å². The van der Waals surface area contributed by atoms with Gasteiger partial charge in [0.25, 0.3) is 0 Å². The Labute approximate surface area is 133 Å². The van der Waals surface area contributed by atoms with Gasteiger partial charge in [0, 0.05) is 5.56 Å². The molecule has 0 saturated carbocycles. The Morgan fingerprint density at radius 3 is 2.83 bits per heavy atom. The lowest BCUT2D eigenvalue weighted by atomic mass is 10.1. The maximum Gasteiger partial charge on any atom is 0.339 e. The number of carbonyl (C=O) groups is 1. The van der Waals surface area contributed by atoms with Gasteiger partial charge >= 0.3 is 5.97 Å². The molecule has 118 valence electrons. The molecule has 2 aliphatic rings. The predicted octanol–water partition coefficient (Wildman–Crippen LogP) is 2.71. The molecule has 0 unspecified atom stereocenters. The summed E-state index contributed by atoms with van der Waals surface area (Å²) in [5.41, 5.74) is 2.46. The number of hydrogen-bond donors (Lipinski definition) is 0. The number of hydrogen-bond acceptors (Lipinski definition) is 5. The minimum Gasteiger partial charge on any atom is -0.485 e. The fraction of sp³-hybridized carbons (Fsp3) is 0.278. The van der Waals surface area contributed by atoms with Crippen molar-refractivity contribution in [1.82, 2.24) is 0 Å². The van der Waals surface area contributed by atoms with Gasteiger partial charge in [-0.25, -0.2) is 4.79 Å². The van der Waals surface area contributed by atoms with Crippen molar-refractivity contribution in [2.45, 2.75) is 19.3 Å². The Hall–Kier alpha value is -2.53. The van der Waals surface area contributed by atoms with Crippen LogP contribution in [0.15, 0.2) is 42.5 Å². The second kappa shape index (κ2) is 5.93. The Kier molecular flexibility index (Phi) is 3.63. The number of esters is 1. The zero-order chi connectivity index (χ0) is 15.6. The third-order valence-corrected chi connectivity index (χ3v) is 3.91. The van der Waals surface area contributed by atoms with Crippen molar-refractivity contribution >= 4 is 5.97 Å². The molecule has 2 aromatic rings. The number of cyclic esters (lactones) is 1. The Morgan fingerprint density at radius 2 is 1.96 bits per heavy atom. The Morgan fingerprint density at radius 1 is 1.09 bits per heavy atom. The lowest BCUT2D eigenvalue weighted by Gasteiger charge is -2.27. The van der Waals surface area contributed by atoms with Crippen LogP contribution in [0.3, 0.4) is 0 Å². The van der Waals surface area contributed by atoms with Crippen LogP contribution >= 0.6 is 0 Å². The first kappa shape index (κ1) is 14.1. The average Bonchev–Trinajstić information content (AvgIpc) is 2.97. The first-order chi connectivity index (χ1) is 11.3. The highest BCUT2D eigenvalue weighted by Crippen LogP contribution is 2.40. The summed E-state index contributed by atoms with van der Waals surface area (Å²) in [5.74, 6) is 0.953. The van der Waals surface area contributed by atoms with Crippen LogP contribution in [0.2, 0.25) is 0 Å². The minimum absolute atomic E-state index is 0.165. The molecule has 0 radical (unpaired) electrons. The summed E-state index contributed by atoms with van der Waals surface area (Å²) in [6, 6.07) is 13.5. The van der Waals surface area contributed by atoms with E-state index in [4.69, 9.17) is 18.9 Å². The molecule has 5 heteroatoms. The average molecular weight is 312 g/mol. The number of ether oxygens (including phenoxy) is 4. The van der Waals surface area contributed by atoms with Gasteiger partial charge in [-0.2, -0.15) is 0 Å². The molecule has 1 atom stereocenters. The molecule has 0 N–H and O–H groups in total. The van der Waals surface area contributed by atoms with E-state index in [1.807, 2.05) is 30.3 Å². The van der Waals surface area contributed by atoms with Gasteiger partial charge in [-0.15, -0.1) is 0 Å². The normalized spacial score (nSPS) is 18.4. The molecule has 4 rings (SSSR count). The van der Waals surface area contributed by atoms with Crippen LogP contribution in [0, 0.1) is 0 Å². The van der Waals surface area contributed by atoms with Crippen LogP contribution in [0.1, 0.15) is 21.5 Å². The van der Waals surface area contributed by atoms with Gasteiger partial charge in [-0.3, -0.25) is 0 Å². The van der Waals surface area contributed by atoms with E-state index in [0.29, 0.717) is 36.9 Å². The molecular weight excluding hydrogens is 296 g/mol. The molecule has 0 fully saturated rings. The van der Waals surface area contributed by atoms with Gasteiger partial charge in [-0.1, -0.05) is 30.3 Å². The lowest BCUT2D eigenvalue weighted by Crippen LogP contribution is -2.33. The fourth-order valence-electron chi connectivity index (χ4n) is 2.76. The third-order valence-electron chi connectivity index (χ3n) is 3.91. The van der Waals surface area contributed by atoms with E-state index in [-0.39, 0.29) is 18.7 Å². The predicted molar refractivity (Wildman–Crippen MR) is 81.6 cm³/mol. The van der Waals surface area contributed by atoms with Gasteiger partial charge in [0.05, 0.1) is 18.8 Å². The van der Waals surface area contributed by atoms with Crippen LogP contribution in [0.5, 0.6) is 11.5 Å². The fourth-order valence-corrected chi connectivity index (χ4v) is 2.76. The Bertz CT molecular complexity index is 726. The second-order valence-corrected chi connectivity index (χ2v) is 5.55. The summed E-state index contributed by atoms with van der Waals surface area (Å²) < 4.78 is 22.4. The molecule has 2 heterocycles. The van der Waals surface area contributed by atoms with Gasteiger partial charge in [-0.05, 0) is 17.7 Å². The Balaban J connectivity index is 1.39. The van der Waals surface area contributed by atoms with Crippen molar-refractivity contribution in [2.24, 2.45) is 0 Å². The number of carbonyl (C=O) groups excluding carboxylic acids is 1. The van der Waals surface area contributed by atoms with Crippen LogP contribution in [-0.2, 0) is 22.7 Å². The molecule has 23 heavy (non-hydrogen) atoms. The maximum absolute atomic E-state index is 11.6. The molecule has 0 spiro atoms. The van der Waals surface area contributed by atoms with E-state index in [9.17, 15) is 4.79 Å². The maximum atomic E-state index is 11.6. The molecule has 2 aliphatic heterocycles. The summed E-state index contributed by atoms with van der Waals surface area (Å²) in [5, 5.41) is 0. The second-order valence-electron chi connectivity index (χ2n) is 5.55. The van der Waals surface area contributed by atoms with Crippen molar-refractivity contribution in [1.29, 1.82) is 0 Å². The van der Waals surface area contributed by atoms with Gasteiger partial charge in [0.2, 0.25) is 0 Å². The standard InChI is InChI=1S/C18H16O5/c19-18-14-6-7-16-17(15(14)11-22-18)21-10-13(23-16)9-20-8-12-4-2-1-3-5-12/h1-7,13H,8-11H2/t13-/m0/s1. The van der Waals surface area contributed by atoms with E-state index in [1.54, 1.807) is 12.1 Å². The molecule has 0 bridgehead atoms. The zero-order valence-corrected chi connectivity index (χ0v) is 12.5. The van der Waals surface area contributed by atoms with E-state index in [0.717, 1.165) is 11.1 Å². The molecule has 5 nitrogen and oxygen atoms in total. The van der Waals surface area contributed by atoms with E-state index >= 15 is 0 Å². The largest absolute Gasteiger partial charge is 0.485 e. The summed E-state index contributed by atoms with van der Waals surface area (Å²) >= 11 is 0. The number of benzene rings is 2. The van der Waals surface area contributed by atoms with Crippen LogP contribution in [0.4, 0.5) is 0 Å². The monoisotopic (exact) mass is 312 g/mol. The molecule has 0 aliphatic carbocycles. The first-order valence-electron chi connectivity index (χ1n) is 7.55. The van der Waals surface area contributed by atoms with E-state index in [2.05, 4.69) is 0 Å². The van der Waals surface area contributed by atoms with Crippen molar-refractivity contribution in [2.75, 3.05) is 13.2 Å². The van der Waals surface area contributed by atoms with Gasteiger partial charge in [0.15, 0.2) is 17.6 Å². The molecular formula is C18H16O5. The number of rotatable bonds is 4. The summed E-state index contributed by atoms with van der Waals surface area (Å²) in [4.78, 5) is 11.6. The smallest absolute Gasteiger partial charge is 0.339 e. The highest BCUT2D eigenvalue weighted by Gasteiger charge is 2.31. The quantitative estimate of drug-likeness (QED) is 0.813. The highest BCUT2D eigenvalue weighted by molar-refractivity contribution is 5.94. The SMILES string of the molecule is O=C1OCc2c1ccc1c2OC[C@H](COCc2ccccc2)O1. The van der Waals surface area contributed by atoms with Crippen molar-refractivity contribution in [3.8, 4) is 11.5 Å². The minimum atomic E-state index is -0.306. The summed E-state index contributed by atoms with van der Waals surface area (Å²) in [6.07, 6.45) is -0.165. The van der Waals surface area contributed by atoms with Crippen LogP contribution < -0.4 is 9.47 Å². The van der Waals surface area contributed by atoms with Gasteiger partial charge in [0.1, 0.15) is 13.2 Å². The van der Waals surface area contributed by atoms with Gasteiger partial charge < -0.3 is 18.9 Å². The van der Waals surface area contributed by atoms with Crippen molar-refractivity contribution in [3.63, 3.8) is 0 Å². The highest BCUT2D eigenvalue weighted by atomic mass is 16.6. The van der Waals surface area contributed by atoms with Crippen LogP contribution in [0.25, 0.3) is 0 Å². The third kappa shape index (κ3) is 2.75. The lowest BCUT2D eigenvalue weighted by molar-refractivity contribution is 0.00204. The molecule has 0 aromatic heterocycles. The topological polar surface area (TPSA) is 54.0 Å². The van der Waals surface area contributed by atoms with E-state index in [1.165, 1.54) is 0 Å². The zero-order valence-electron chi connectivity index (χ0n) is 12.5.